The first kappa shape index (κ1) is 19.2. The van der Waals surface area contributed by atoms with Gasteiger partial charge in [-0.15, -0.1) is 0 Å². The molecular weight excluding hydrogens is 356 g/mol. The lowest BCUT2D eigenvalue weighted by molar-refractivity contribution is 0.0527. The van der Waals surface area contributed by atoms with Crippen molar-refractivity contribution in [1.29, 1.82) is 0 Å². The Labute approximate surface area is 163 Å². The molecule has 3 N–H and O–H groups in total. The van der Waals surface area contributed by atoms with Crippen LogP contribution in [0.5, 0.6) is 11.6 Å². The van der Waals surface area contributed by atoms with Crippen LogP contribution in [0.15, 0.2) is 54.9 Å². The van der Waals surface area contributed by atoms with E-state index < -0.39 is 5.97 Å². The molecule has 28 heavy (non-hydrogen) atoms. The molecule has 7 heteroatoms. The maximum atomic E-state index is 12.2. The van der Waals surface area contributed by atoms with Gasteiger partial charge in [0.05, 0.1) is 17.9 Å². The second-order valence-corrected chi connectivity index (χ2v) is 5.93. The third-order valence-electron chi connectivity index (χ3n) is 4.07. The Balaban J connectivity index is 1.84. The van der Waals surface area contributed by atoms with Crippen molar-refractivity contribution in [3.8, 4) is 11.6 Å². The monoisotopic (exact) mass is 378 g/mol. The van der Waals surface area contributed by atoms with Gasteiger partial charge in [-0.2, -0.15) is 4.98 Å². The number of hydrogen-bond acceptors (Lipinski definition) is 7. The van der Waals surface area contributed by atoms with Crippen molar-refractivity contribution in [3.05, 3.63) is 66.0 Å². The highest BCUT2D eigenvalue weighted by Gasteiger charge is 2.15. The van der Waals surface area contributed by atoms with E-state index in [0.29, 0.717) is 22.8 Å². The zero-order valence-electron chi connectivity index (χ0n) is 15.8. The van der Waals surface area contributed by atoms with Crippen LogP contribution in [-0.4, -0.2) is 22.5 Å². The third kappa shape index (κ3) is 4.37. The van der Waals surface area contributed by atoms with E-state index in [1.165, 1.54) is 11.9 Å². The fourth-order valence-corrected chi connectivity index (χ4v) is 2.57. The number of esters is 1. The van der Waals surface area contributed by atoms with Crippen molar-refractivity contribution in [2.75, 3.05) is 17.7 Å². The van der Waals surface area contributed by atoms with E-state index in [-0.39, 0.29) is 18.2 Å². The molecule has 144 valence electrons. The van der Waals surface area contributed by atoms with Crippen LogP contribution >= 0.6 is 0 Å². The minimum Gasteiger partial charge on any atom is -0.462 e. The Bertz CT molecular complexity index is 958. The normalized spacial score (nSPS) is 10.4. The van der Waals surface area contributed by atoms with Gasteiger partial charge in [0, 0.05) is 0 Å². The Hall–Kier alpha value is -3.61. The summed E-state index contributed by atoms with van der Waals surface area (Å²) in [7, 11) is 0. The summed E-state index contributed by atoms with van der Waals surface area (Å²) in [6.07, 6.45) is 2.30. The number of anilines is 3. The molecular formula is C21H22N4O3. The van der Waals surface area contributed by atoms with Gasteiger partial charge in [0.2, 0.25) is 5.88 Å². The molecule has 3 aromatic rings. The SMILES string of the molecule is CCOC(=O)c1ccccc1Nc1ncnc(Oc2ccc(CC)cc2)c1N. The number of nitrogens with two attached hydrogens (primary N) is 1. The van der Waals surface area contributed by atoms with E-state index in [2.05, 4.69) is 22.2 Å². The summed E-state index contributed by atoms with van der Waals surface area (Å²) in [4.78, 5) is 20.4. The standard InChI is InChI=1S/C21H22N4O3/c1-3-14-9-11-15(12-10-14)28-20-18(22)19(23-13-24-20)25-17-8-6-5-7-16(17)21(26)27-4-2/h5-13H,3-4,22H2,1-2H3,(H,23,24,25). The van der Waals surface area contributed by atoms with E-state index in [1.807, 2.05) is 24.3 Å². The average molecular weight is 378 g/mol. The van der Waals surface area contributed by atoms with E-state index in [9.17, 15) is 4.79 Å². The number of nitrogen functional groups attached to an aromatic ring is 1. The van der Waals surface area contributed by atoms with Gasteiger partial charge in [0.25, 0.3) is 0 Å². The molecule has 0 saturated carbocycles. The number of ether oxygens (including phenoxy) is 2. The molecule has 0 aliphatic carbocycles. The molecule has 0 spiro atoms. The number of nitrogens with zero attached hydrogens (tertiary/aromatic N) is 2. The van der Waals surface area contributed by atoms with Crippen LogP contribution < -0.4 is 15.8 Å². The molecule has 1 aromatic heterocycles. The molecule has 0 saturated heterocycles. The zero-order chi connectivity index (χ0) is 19.9. The molecule has 7 nitrogen and oxygen atoms in total. The average Bonchev–Trinajstić information content (AvgIpc) is 2.72. The van der Waals surface area contributed by atoms with Gasteiger partial charge < -0.3 is 20.5 Å². The highest BCUT2D eigenvalue weighted by molar-refractivity contribution is 5.96. The number of hydrogen-bond donors (Lipinski definition) is 2. The van der Waals surface area contributed by atoms with E-state index in [4.69, 9.17) is 15.2 Å². The lowest BCUT2D eigenvalue weighted by Gasteiger charge is -2.14. The lowest BCUT2D eigenvalue weighted by Crippen LogP contribution is -2.09. The first-order valence-electron chi connectivity index (χ1n) is 9.02. The number of carbonyl (C=O) groups is 1. The fraction of sp³-hybridized carbons (Fsp3) is 0.190. The number of benzene rings is 2. The number of para-hydroxylation sites is 1. The molecule has 0 unspecified atom stereocenters. The summed E-state index contributed by atoms with van der Waals surface area (Å²) < 4.78 is 10.9. The van der Waals surface area contributed by atoms with Crippen molar-refractivity contribution in [2.45, 2.75) is 20.3 Å². The predicted molar refractivity (Wildman–Crippen MR) is 108 cm³/mol. The Kier molecular flexibility index (Phi) is 6.06. The molecule has 0 amide bonds. The van der Waals surface area contributed by atoms with Gasteiger partial charge in [0.1, 0.15) is 17.8 Å². The van der Waals surface area contributed by atoms with Crippen LogP contribution in [0.1, 0.15) is 29.8 Å². The van der Waals surface area contributed by atoms with Crippen LogP contribution in [0.4, 0.5) is 17.2 Å². The minimum atomic E-state index is -0.425. The smallest absolute Gasteiger partial charge is 0.340 e. The second kappa shape index (κ2) is 8.85. The first-order chi connectivity index (χ1) is 13.6. The van der Waals surface area contributed by atoms with Crippen molar-refractivity contribution >= 4 is 23.2 Å². The molecule has 3 rings (SSSR count). The van der Waals surface area contributed by atoms with Crippen molar-refractivity contribution < 1.29 is 14.3 Å². The Morgan fingerprint density at radius 2 is 1.82 bits per heavy atom. The molecule has 0 radical (unpaired) electrons. The fourth-order valence-electron chi connectivity index (χ4n) is 2.57. The Morgan fingerprint density at radius 1 is 1.07 bits per heavy atom. The molecule has 0 bridgehead atoms. The van der Waals surface area contributed by atoms with E-state index >= 15 is 0 Å². The Morgan fingerprint density at radius 3 is 2.54 bits per heavy atom. The summed E-state index contributed by atoms with van der Waals surface area (Å²) in [6.45, 7) is 4.13. The van der Waals surface area contributed by atoms with E-state index in [1.54, 1.807) is 31.2 Å². The number of aromatic nitrogens is 2. The summed E-state index contributed by atoms with van der Waals surface area (Å²) in [5.74, 6) is 0.772. The summed E-state index contributed by atoms with van der Waals surface area (Å²) in [6, 6.07) is 14.7. The van der Waals surface area contributed by atoms with Crippen LogP contribution in [-0.2, 0) is 11.2 Å². The lowest BCUT2D eigenvalue weighted by atomic mass is 10.2. The van der Waals surface area contributed by atoms with Crippen molar-refractivity contribution in [3.63, 3.8) is 0 Å². The van der Waals surface area contributed by atoms with Crippen LogP contribution in [0.25, 0.3) is 0 Å². The third-order valence-corrected chi connectivity index (χ3v) is 4.07. The first-order valence-corrected chi connectivity index (χ1v) is 9.02. The van der Waals surface area contributed by atoms with Gasteiger partial charge in [-0.1, -0.05) is 31.2 Å². The molecule has 1 heterocycles. The van der Waals surface area contributed by atoms with E-state index in [0.717, 1.165) is 6.42 Å². The van der Waals surface area contributed by atoms with Crippen molar-refractivity contribution in [2.24, 2.45) is 0 Å². The highest BCUT2D eigenvalue weighted by atomic mass is 16.5. The number of rotatable bonds is 7. The van der Waals surface area contributed by atoms with Crippen LogP contribution in [0.3, 0.4) is 0 Å². The topological polar surface area (TPSA) is 99.4 Å². The maximum Gasteiger partial charge on any atom is 0.340 e. The number of nitrogens with one attached hydrogen (secondary N) is 1. The van der Waals surface area contributed by atoms with Gasteiger partial charge in [-0.05, 0) is 43.2 Å². The van der Waals surface area contributed by atoms with Gasteiger partial charge in [-0.3, -0.25) is 0 Å². The molecule has 0 aliphatic heterocycles. The highest BCUT2D eigenvalue weighted by Crippen LogP contribution is 2.32. The quantitative estimate of drug-likeness (QED) is 0.590. The maximum absolute atomic E-state index is 12.2. The van der Waals surface area contributed by atoms with Gasteiger partial charge >= 0.3 is 5.97 Å². The predicted octanol–water partition coefficient (Wildman–Crippen LogP) is 4.33. The van der Waals surface area contributed by atoms with Gasteiger partial charge in [-0.25, -0.2) is 9.78 Å². The van der Waals surface area contributed by atoms with Crippen LogP contribution in [0, 0.1) is 0 Å². The summed E-state index contributed by atoms with van der Waals surface area (Å²) >= 11 is 0. The van der Waals surface area contributed by atoms with Gasteiger partial charge in [0.15, 0.2) is 5.82 Å². The van der Waals surface area contributed by atoms with Crippen LogP contribution in [0.2, 0.25) is 0 Å². The molecule has 0 atom stereocenters. The molecule has 2 aromatic carbocycles. The summed E-state index contributed by atoms with van der Waals surface area (Å²) in [5, 5.41) is 3.07. The number of aryl methyl sites for hydroxylation is 1. The largest absolute Gasteiger partial charge is 0.462 e. The molecule has 0 aliphatic rings. The number of carbonyl (C=O) groups excluding carboxylic acids is 1. The summed E-state index contributed by atoms with van der Waals surface area (Å²) in [5.41, 5.74) is 8.56. The minimum absolute atomic E-state index is 0.232. The second-order valence-electron chi connectivity index (χ2n) is 5.93. The molecule has 0 fully saturated rings. The zero-order valence-corrected chi connectivity index (χ0v) is 15.8. The van der Waals surface area contributed by atoms with Crippen molar-refractivity contribution in [1.82, 2.24) is 9.97 Å².